The number of aromatic nitrogens is 1. The lowest BCUT2D eigenvalue weighted by Gasteiger charge is -2.08. The molecule has 0 radical (unpaired) electrons. The molecule has 0 bridgehead atoms. The molecule has 0 fully saturated rings. The van der Waals surface area contributed by atoms with Gasteiger partial charge in [0.15, 0.2) is 5.76 Å². The van der Waals surface area contributed by atoms with Crippen LogP contribution in [0.15, 0.2) is 58.2 Å². The van der Waals surface area contributed by atoms with Crippen molar-refractivity contribution in [3.63, 3.8) is 0 Å². The predicted octanol–water partition coefficient (Wildman–Crippen LogP) is 3.67. The van der Waals surface area contributed by atoms with Gasteiger partial charge in [-0.05, 0) is 54.8 Å². The van der Waals surface area contributed by atoms with Crippen LogP contribution in [0.3, 0.4) is 0 Å². The van der Waals surface area contributed by atoms with Crippen LogP contribution in [-0.4, -0.2) is 46.2 Å². The van der Waals surface area contributed by atoms with E-state index in [1.807, 2.05) is 54.8 Å². The minimum atomic E-state index is -3.22. The summed E-state index contributed by atoms with van der Waals surface area (Å²) >= 11 is 1.44. The maximum Gasteiger partial charge on any atom is 0.256 e. The van der Waals surface area contributed by atoms with Gasteiger partial charge in [0.05, 0.1) is 13.4 Å². The van der Waals surface area contributed by atoms with Crippen molar-refractivity contribution in [3.8, 4) is 34.1 Å². The number of rotatable bonds is 9. The van der Waals surface area contributed by atoms with Crippen molar-refractivity contribution in [1.82, 2.24) is 9.71 Å². The first-order valence-electron chi connectivity index (χ1n) is 8.76. The number of benzene rings is 2. The summed E-state index contributed by atoms with van der Waals surface area (Å²) in [5.74, 6) is 2.08. The van der Waals surface area contributed by atoms with Gasteiger partial charge in [-0.3, -0.25) is 0 Å². The molecule has 0 amide bonds. The van der Waals surface area contributed by atoms with Gasteiger partial charge in [-0.25, -0.2) is 18.1 Å². The van der Waals surface area contributed by atoms with E-state index < -0.39 is 10.0 Å². The summed E-state index contributed by atoms with van der Waals surface area (Å²) in [5, 5.41) is 0.581. The molecule has 1 N–H and O–H groups in total. The Morgan fingerprint density at radius 3 is 2.24 bits per heavy atom. The molecule has 7 nitrogen and oxygen atoms in total. The van der Waals surface area contributed by atoms with Crippen LogP contribution in [-0.2, 0) is 10.0 Å². The molecule has 154 valence electrons. The molecule has 2 aromatic carbocycles. The number of nitrogens with zero attached hydrogens (tertiary/aromatic N) is 1. The molecular formula is C20H22N2O5S2. The first kappa shape index (κ1) is 21.2. The molecule has 1 heterocycles. The number of sulfonamides is 1. The van der Waals surface area contributed by atoms with Crippen LogP contribution in [0.5, 0.6) is 11.5 Å². The molecule has 0 saturated heterocycles. The number of hydrogen-bond donors (Lipinski definition) is 1. The molecular weight excluding hydrogens is 412 g/mol. The maximum absolute atomic E-state index is 11.1. The fourth-order valence-electron chi connectivity index (χ4n) is 2.63. The van der Waals surface area contributed by atoms with Crippen molar-refractivity contribution in [2.24, 2.45) is 0 Å². The number of oxazole rings is 1. The molecule has 9 heteroatoms. The lowest BCUT2D eigenvalue weighted by Crippen LogP contribution is -2.26. The molecule has 0 unspecified atom stereocenters. The Labute approximate surface area is 174 Å². The second-order valence-electron chi connectivity index (χ2n) is 6.13. The Hall–Kier alpha value is -2.49. The van der Waals surface area contributed by atoms with E-state index in [0.717, 1.165) is 28.8 Å². The predicted molar refractivity (Wildman–Crippen MR) is 114 cm³/mol. The summed E-state index contributed by atoms with van der Waals surface area (Å²) in [6, 6.07) is 15.0. The van der Waals surface area contributed by atoms with E-state index in [1.165, 1.54) is 11.8 Å². The van der Waals surface area contributed by atoms with Crippen molar-refractivity contribution in [3.05, 3.63) is 48.5 Å². The van der Waals surface area contributed by atoms with Crippen LogP contribution in [0, 0.1) is 0 Å². The van der Waals surface area contributed by atoms with Crippen molar-refractivity contribution in [1.29, 1.82) is 0 Å². The Bertz CT molecular complexity index is 1050. The zero-order valence-corrected chi connectivity index (χ0v) is 18.0. The summed E-state index contributed by atoms with van der Waals surface area (Å²) in [5.41, 5.74) is 2.55. The maximum atomic E-state index is 11.1. The van der Waals surface area contributed by atoms with Crippen LogP contribution in [0.25, 0.3) is 22.6 Å². The van der Waals surface area contributed by atoms with Crippen LogP contribution in [0.4, 0.5) is 0 Å². The van der Waals surface area contributed by atoms with E-state index in [9.17, 15) is 8.42 Å². The molecule has 0 spiro atoms. The highest BCUT2D eigenvalue weighted by Gasteiger charge is 2.17. The van der Waals surface area contributed by atoms with Crippen molar-refractivity contribution < 1.29 is 22.3 Å². The van der Waals surface area contributed by atoms with E-state index in [0.29, 0.717) is 16.7 Å². The van der Waals surface area contributed by atoms with Gasteiger partial charge >= 0.3 is 0 Å². The average molecular weight is 435 g/mol. The zero-order chi connectivity index (χ0) is 20.9. The van der Waals surface area contributed by atoms with E-state index in [4.69, 9.17) is 13.9 Å². The number of ether oxygens (including phenoxy) is 2. The minimum Gasteiger partial charge on any atom is -0.497 e. The molecule has 0 aliphatic heterocycles. The van der Waals surface area contributed by atoms with Gasteiger partial charge in [0.2, 0.25) is 10.0 Å². The minimum absolute atomic E-state index is 0.210. The van der Waals surface area contributed by atoms with E-state index in [1.54, 1.807) is 7.11 Å². The third-order valence-corrected chi connectivity index (χ3v) is 5.25. The van der Waals surface area contributed by atoms with Crippen LogP contribution >= 0.6 is 11.8 Å². The van der Waals surface area contributed by atoms with Gasteiger partial charge in [-0.1, -0.05) is 11.8 Å². The number of methoxy groups -OCH3 is 1. The Kier molecular flexibility index (Phi) is 6.83. The Morgan fingerprint density at radius 1 is 1.03 bits per heavy atom. The van der Waals surface area contributed by atoms with Gasteiger partial charge in [0.1, 0.15) is 23.8 Å². The molecule has 3 aromatic rings. The fraction of sp³-hybridized carbons (Fsp3) is 0.250. The highest BCUT2D eigenvalue weighted by molar-refractivity contribution is 7.98. The highest BCUT2D eigenvalue weighted by Crippen LogP contribution is 2.36. The average Bonchev–Trinajstić information content (AvgIpc) is 3.15. The second-order valence-corrected chi connectivity index (χ2v) is 8.72. The molecule has 29 heavy (non-hydrogen) atoms. The van der Waals surface area contributed by atoms with Gasteiger partial charge in [0, 0.05) is 17.7 Å². The van der Waals surface area contributed by atoms with Gasteiger partial charge in [-0.2, -0.15) is 0 Å². The molecule has 0 aliphatic carbocycles. The third-order valence-electron chi connectivity index (χ3n) is 4.00. The summed E-state index contributed by atoms with van der Waals surface area (Å²) < 4.78 is 41.2. The first-order valence-corrected chi connectivity index (χ1v) is 11.9. The zero-order valence-electron chi connectivity index (χ0n) is 16.3. The topological polar surface area (TPSA) is 90.7 Å². The number of hydrogen-bond acceptors (Lipinski definition) is 7. The molecule has 0 saturated carbocycles. The Morgan fingerprint density at radius 2 is 1.66 bits per heavy atom. The summed E-state index contributed by atoms with van der Waals surface area (Å²) in [6.07, 6.45) is 3.03. The second kappa shape index (κ2) is 9.34. The summed E-state index contributed by atoms with van der Waals surface area (Å²) in [6.45, 7) is 0.448. The van der Waals surface area contributed by atoms with E-state index >= 15 is 0 Å². The van der Waals surface area contributed by atoms with Crippen molar-refractivity contribution in [2.45, 2.75) is 5.22 Å². The van der Waals surface area contributed by atoms with E-state index in [-0.39, 0.29) is 13.2 Å². The summed E-state index contributed by atoms with van der Waals surface area (Å²) in [4.78, 5) is 4.60. The van der Waals surface area contributed by atoms with Gasteiger partial charge in [0.25, 0.3) is 5.22 Å². The Balaban J connectivity index is 1.78. The van der Waals surface area contributed by atoms with Crippen LogP contribution in [0.2, 0.25) is 0 Å². The van der Waals surface area contributed by atoms with Crippen LogP contribution < -0.4 is 14.2 Å². The number of nitrogens with one attached hydrogen (secondary N) is 1. The van der Waals surface area contributed by atoms with Gasteiger partial charge < -0.3 is 13.9 Å². The van der Waals surface area contributed by atoms with Gasteiger partial charge in [-0.15, -0.1) is 0 Å². The quantitative estimate of drug-likeness (QED) is 0.406. The SMILES string of the molecule is COc1ccc(-c2nc(SC)oc2-c2ccc(OCCNS(C)(=O)=O)cc2)cc1. The highest BCUT2D eigenvalue weighted by atomic mass is 32.2. The van der Waals surface area contributed by atoms with E-state index in [2.05, 4.69) is 9.71 Å². The summed E-state index contributed by atoms with van der Waals surface area (Å²) in [7, 11) is -1.59. The van der Waals surface area contributed by atoms with Crippen molar-refractivity contribution in [2.75, 3.05) is 32.8 Å². The lowest BCUT2D eigenvalue weighted by molar-refractivity contribution is 0.323. The molecule has 1 aromatic heterocycles. The third kappa shape index (κ3) is 5.75. The number of thioether (sulfide) groups is 1. The van der Waals surface area contributed by atoms with Crippen LogP contribution in [0.1, 0.15) is 0 Å². The molecule has 0 aliphatic rings. The fourth-order valence-corrected chi connectivity index (χ4v) is 3.43. The lowest BCUT2D eigenvalue weighted by atomic mass is 10.1. The monoisotopic (exact) mass is 434 g/mol. The molecule has 0 atom stereocenters. The first-order chi connectivity index (χ1) is 13.9. The van der Waals surface area contributed by atoms with Crippen molar-refractivity contribution >= 4 is 21.8 Å². The smallest absolute Gasteiger partial charge is 0.256 e. The largest absolute Gasteiger partial charge is 0.497 e. The molecule has 3 rings (SSSR count). The standard InChI is InChI=1S/C20H22N2O5S2/c1-25-16-8-4-14(5-9-16)18-19(27-20(22-18)28-2)15-6-10-17(11-7-15)26-13-12-21-29(3,23)24/h4-11,21H,12-13H2,1-3H3. The normalized spacial score (nSPS) is 11.4.